The highest BCUT2D eigenvalue weighted by Gasteiger charge is 2.23. The summed E-state index contributed by atoms with van der Waals surface area (Å²) in [5.41, 5.74) is 3.43. The van der Waals surface area contributed by atoms with Crippen LogP contribution in [0.1, 0.15) is 47.8 Å². The maximum absolute atomic E-state index is 14.3. The Morgan fingerprint density at radius 1 is 1.19 bits per heavy atom. The smallest absolute Gasteiger partial charge is 0.231 e. The van der Waals surface area contributed by atoms with Gasteiger partial charge in [0, 0.05) is 24.6 Å². The summed E-state index contributed by atoms with van der Waals surface area (Å²) < 4.78 is 15.8. The molecule has 1 atom stereocenters. The van der Waals surface area contributed by atoms with Crippen molar-refractivity contribution in [3.63, 3.8) is 0 Å². The first-order valence-corrected chi connectivity index (χ1v) is 10.8. The van der Waals surface area contributed by atoms with Gasteiger partial charge in [-0.05, 0) is 68.5 Å². The molecule has 0 aromatic carbocycles. The number of hydrogen-bond donors (Lipinski definition) is 2. The molecule has 32 heavy (non-hydrogen) atoms. The van der Waals surface area contributed by atoms with Gasteiger partial charge in [-0.3, -0.25) is 9.78 Å². The van der Waals surface area contributed by atoms with Gasteiger partial charge >= 0.3 is 0 Å². The molecular weight excluding hydrogens is 411 g/mol. The van der Waals surface area contributed by atoms with Crippen molar-refractivity contribution in [2.24, 2.45) is 0 Å². The van der Waals surface area contributed by atoms with Crippen LogP contribution in [0.15, 0.2) is 36.7 Å². The summed E-state index contributed by atoms with van der Waals surface area (Å²) in [6.45, 7) is 0.743. The van der Waals surface area contributed by atoms with E-state index in [-0.39, 0.29) is 18.9 Å². The summed E-state index contributed by atoms with van der Waals surface area (Å²) in [5, 5.41) is 21.8. The van der Waals surface area contributed by atoms with Gasteiger partial charge < -0.3 is 10.6 Å². The lowest BCUT2D eigenvalue weighted by atomic mass is 10.1. The normalized spacial score (nSPS) is 14.3. The van der Waals surface area contributed by atoms with Gasteiger partial charge in [-0.1, -0.05) is 5.21 Å². The van der Waals surface area contributed by atoms with Crippen LogP contribution in [0, 0.1) is 0 Å². The largest absolute Gasteiger partial charge is 0.314 e. The topological polar surface area (TPSA) is 111 Å². The zero-order chi connectivity index (χ0) is 22.3. The molecule has 1 saturated carbocycles. The van der Waals surface area contributed by atoms with Gasteiger partial charge in [0.1, 0.15) is 6.17 Å². The van der Waals surface area contributed by atoms with Crippen molar-refractivity contribution in [3.8, 4) is 0 Å². The first-order chi connectivity index (χ1) is 15.6. The number of halogens is 1. The fraction of sp³-hybridized carbons (Fsp3) is 0.455. The molecule has 168 valence electrons. The number of rotatable bonds is 11. The minimum absolute atomic E-state index is 0.147. The lowest BCUT2D eigenvalue weighted by Crippen LogP contribution is -2.17. The summed E-state index contributed by atoms with van der Waals surface area (Å²) in [6.07, 6.45) is 5.76. The van der Waals surface area contributed by atoms with Crippen LogP contribution in [-0.2, 0) is 30.7 Å². The minimum Gasteiger partial charge on any atom is -0.314 e. The third kappa shape index (κ3) is 6.36. The van der Waals surface area contributed by atoms with E-state index in [4.69, 9.17) is 0 Å². The summed E-state index contributed by atoms with van der Waals surface area (Å²) in [4.78, 5) is 16.6. The van der Waals surface area contributed by atoms with E-state index in [0.29, 0.717) is 36.8 Å². The molecule has 0 saturated heterocycles. The Bertz CT molecular complexity index is 1030. The molecule has 1 fully saturated rings. The molecule has 1 aliphatic rings. The van der Waals surface area contributed by atoms with Crippen molar-refractivity contribution >= 4 is 11.7 Å². The zero-order valence-electron chi connectivity index (χ0n) is 18.0. The highest BCUT2D eigenvalue weighted by molar-refractivity contribution is 5.91. The molecule has 1 amide bonds. The number of aromatic nitrogens is 6. The Hall–Kier alpha value is -3.27. The standard InChI is InChI=1S/C22H27FN8O/c1-24-12-20-14-31(30-28-20)13-17(23)4-5-18-6-7-21(29-27-18)26-22(32)11-19-10-16(8-9-25-19)15-2-3-15/h6-10,14-15,17,24H,2-5,11-13H2,1H3,(H,26,29,32)/t17-/m1/s1. The van der Waals surface area contributed by atoms with Crippen molar-refractivity contribution in [1.82, 2.24) is 35.5 Å². The second-order valence-electron chi connectivity index (χ2n) is 8.09. The van der Waals surface area contributed by atoms with Crippen LogP contribution in [0.5, 0.6) is 0 Å². The summed E-state index contributed by atoms with van der Waals surface area (Å²) in [7, 11) is 1.82. The molecule has 1 aliphatic carbocycles. The molecule has 3 aromatic heterocycles. The monoisotopic (exact) mass is 438 g/mol. The quantitative estimate of drug-likeness (QED) is 0.472. The van der Waals surface area contributed by atoms with Crippen LogP contribution >= 0.6 is 0 Å². The molecule has 0 bridgehead atoms. The summed E-state index contributed by atoms with van der Waals surface area (Å²) >= 11 is 0. The lowest BCUT2D eigenvalue weighted by molar-refractivity contribution is -0.115. The number of amides is 1. The SMILES string of the molecule is CNCc1cn(C[C@H](F)CCc2ccc(NC(=O)Cc3cc(C4CC4)ccn3)nn2)nn1. The van der Waals surface area contributed by atoms with Crippen molar-refractivity contribution in [2.45, 2.75) is 57.3 Å². The summed E-state index contributed by atoms with van der Waals surface area (Å²) in [5.74, 6) is 0.796. The van der Waals surface area contributed by atoms with Crippen LogP contribution < -0.4 is 10.6 Å². The number of anilines is 1. The molecule has 3 aromatic rings. The van der Waals surface area contributed by atoms with Crippen LogP contribution in [0.3, 0.4) is 0 Å². The molecular formula is C22H27FN8O. The van der Waals surface area contributed by atoms with Gasteiger partial charge in [-0.15, -0.1) is 10.2 Å². The molecule has 0 aliphatic heterocycles. The van der Waals surface area contributed by atoms with E-state index < -0.39 is 6.17 Å². The predicted molar refractivity (Wildman–Crippen MR) is 117 cm³/mol. The Morgan fingerprint density at radius 3 is 2.81 bits per heavy atom. The Balaban J connectivity index is 1.22. The van der Waals surface area contributed by atoms with Crippen LogP contribution in [0.25, 0.3) is 0 Å². The number of hydrogen-bond acceptors (Lipinski definition) is 7. The number of carbonyl (C=O) groups is 1. The van der Waals surface area contributed by atoms with Crippen molar-refractivity contribution in [1.29, 1.82) is 0 Å². The van der Waals surface area contributed by atoms with E-state index in [9.17, 15) is 9.18 Å². The first kappa shape index (κ1) is 21.9. The molecule has 9 nitrogen and oxygen atoms in total. The third-order valence-corrected chi connectivity index (χ3v) is 5.26. The van der Waals surface area contributed by atoms with E-state index in [1.807, 2.05) is 19.2 Å². The van der Waals surface area contributed by atoms with E-state index in [1.165, 1.54) is 23.1 Å². The van der Waals surface area contributed by atoms with E-state index in [1.54, 1.807) is 24.5 Å². The highest BCUT2D eigenvalue weighted by atomic mass is 19.1. The summed E-state index contributed by atoms with van der Waals surface area (Å²) in [6, 6.07) is 7.45. The van der Waals surface area contributed by atoms with Crippen molar-refractivity contribution in [3.05, 3.63) is 59.3 Å². The number of carbonyl (C=O) groups excluding carboxylic acids is 1. The fourth-order valence-electron chi connectivity index (χ4n) is 3.46. The number of alkyl halides is 1. The molecule has 0 spiro atoms. The van der Waals surface area contributed by atoms with E-state index >= 15 is 0 Å². The van der Waals surface area contributed by atoms with Crippen molar-refractivity contribution in [2.75, 3.05) is 12.4 Å². The molecule has 4 rings (SSSR count). The molecule has 0 radical (unpaired) electrons. The molecule has 3 heterocycles. The maximum atomic E-state index is 14.3. The molecule has 0 unspecified atom stereocenters. The number of nitrogens with one attached hydrogen (secondary N) is 2. The third-order valence-electron chi connectivity index (χ3n) is 5.26. The Kier molecular flexibility index (Phi) is 7.10. The average Bonchev–Trinajstić information content (AvgIpc) is 3.55. The molecule has 2 N–H and O–H groups in total. The van der Waals surface area contributed by atoms with Crippen molar-refractivity contribution < 1.29 is 9.18 Å². The minimum atomic E-state index is -1.07. The van der Waals surface area contributed by atoms with E-state index in [0.717, 1.165) is 11.4 Å². The van der Waals surface area contributed by atoms with Gasteiger partial charge in [-0.25, -0.2) is 9.07 Å². The van der Waals surface area contributed by atoms with Crippen LogP contribution in [0.4, 0.5) is 10.2 Å². The van der Waals surface area contributed by atoms with Gasteiger partial charge in [0.05, 0.1) is 24.4 Å². The van der Waals surface area contributed by atoms with Gasteiger partial charge in [0.2, 0.25) is 5.91 Å². The van der Waals surface area contributed by atoms with Crippen LogP contribution in [0.2, 0.25) is 0 Å². The van der Waals surface area contributed by atoms with Gasteiger partial charge in [-0.2, -0.15) is 5.10 Å². The number of nitrogens with zero attached hydrogens (tertiary/aromatic N) is 6. The van der Waals surface area contributed by atoms with Crippen LogP contribution in [-0.4, -0.2) is 49.3 Å². The second kappa shape index (κ2) is 10.4. The average molecular weight is 439 g/mol. The Morgan fingerprint density at radius 2 is 2.06 bits per heavy atom. The Labute approximate surface area is 185 Å². The molecule has 10 heteroatoms. The van der Waals surface area contributed by atoms with E-state index in [2.05, 4.69) is 36.1 Å². The predicted octanol–water partition coefficient (Wildman–Crippen LogP) is 2.21. The number of pyridine rings is 1. The maximum Gasteiger partial charge on any atom is 0.231 e. The first-order valence-electron chi connectivity index (χ1n) is 10.8. The number of aryl methyl sites for hydroxylation is 1. The highest BCUT2D eigenvalue weighted by Crippen LogP contribution is 2.39. The van der Waals surface area contributed by atoms with Gasteiger partial charge in [0.25, 0.3) is 0 Å². The zero-order valence-corrected chi connectivity index (χ0v) is 18.0. The van der Waals surface area contributed by atoms with Gasteiger partial charge in [0.15, 0.2) is 5.82 Å². The fourth-order valence-corrected chi connectivity index (χ4v) is 3.46. The second-order valence-corrected chi connectivity index (χ2v) is 8.09. The lowest BCUT2D eigenvalue weighted by Gasteiger charge is -2.08.